The van der Waals surface area contributed by atoms with Gasteiger partial charge in [0.15, 0.2) is 0 Å². The molecule has 0 radical (unpaired) electrons. The largest absolute Gasteiger partial charge is 1.00 e. The molecule has 2 N–H and O–H groups in total. The van der Waals surface area contributed by atoms with E-state index in [-0.39, 0.29) is 70.4 Å². The smallest absolute Gasteiger partial charge is 0.560 e. The summed E-state index contributed by atoms with van der Waals surface area (Å²) in [7, 11) is 1.92. The zero-order chi connectivity index (χ0) is 21.7. The van der Waals surface area contributed by atoms with Gasteiger partial charge in [-0.25, -0.2) is 4.79 Å². The summed E-state index contributed by atoms with van der Waals surface area (Å²) >= 11 is 0. The summed E-state index contributed by atoms with van der Waals surface area (Å²) in [5.74, 6) is -1.46. The Bertz CT molecular complexity index is 869. The van der Waals surface area contributed by atoms with Crippen LogP contribution in [0.3, 0.4) is 0 Å². The van der Waals surface area contributed by atoms with E-state index in [4.69, 9.17) is 0 Å². The summed E-state index contributed by atoms with van der Waals surface area (Å²) in [5.41, 5.74) is 2.29. The molecule has 1 saturated heterocycles. The van der Waals surface area contributed by atoms with Crippen molar-refractivity contribution >= 4 is 23.6 Å². The first-order chi connectivity index (χ1) is 14.2. The number of nitrogens with zero attached hydrogens (tertiary/aromatic N) is 3. The van der Waals surface area contributed by atoms with E-state index in [0.717, 1.165) is 11.3 Å². The zero-order valence-corrected chi connectivity index (χ0v) is 21.0. The Morgan fingerprint density at radius 1 is 1.45 bits per heavy atom. The van der Waals surface area contributed by atoms with Gasteiger partial charge in [-0.3, -0.25) is 0 Å². The molecule has 2 aliphatic rings. The van der Waals surface area contributed by atoms with Crippen LogP contribution in [-0.2, 0) is 0 Å². The monoisotopic (exact) mass is 459 g/mol. The molecule has 0 spiro atoms. The number of aliphatic imine (C=N–C) groups is 1. The van der Waals surface area contributed by atoms with Crippen molar-refractivity contribution in [1.82, 2.24) is 10.2 Å². The van der Waals surface area contributed by atoms with Gasteiger partial charge in [0.2, 0.25) is 0 Å². The fourth-order valence-corrected chi connectivity index (χ4v) is 3.34. The van der Waals surface area contributed by atoms with E-state index in [2.05, 4.69) is 21.8 Å². The van der Waals surface area contributed by atoms with E-state index < -0.39 is 18.1 Å². The summed E-state index contributed by atoms with van der Waals surface area (Å²) in [6.07, 6.45) is 2.46. The predicted octanol–water partition coefficient (Wildman–Crippen LogP) is 0.751. The van der Waals surface area contributed by atoms with Crippen LogP contribution in [0.25, 0.3) is 0 Å². The van der Waals surface area contributed by atoms with Crippen LogP contribution < -0.4 is 62.0 Å². The summed E-state index contributed by atoms with van der Waals surface area (Å²) in [6.45, 7) is 3.83. The first kappa shape index (κ1) is 25.9. The van der Waals surface area contributed by atoms with Crippen LogP contribution in [0, 0.1) is 18.7 Å². The third-order valence-corrected chi connectivity index (χ3v) is 5.06. The molecule has 2 unspecified atom stereocenters. The number of anilines is 1. The van der Waals surface area contributed by atoms with Gasteiger partial charge in [-0.1, -0.05) is 12.1 Å². The maximum atomic E-state index is 13.0. The van der Waals surface area contributed by atoms with Gasteiger partial charge >= 0.3 is 63.6 Å². The predicted molar refractivity (Wildman–Crippen MR) is 109 cm³/mol. The van der Waals surface area contributed by atoms with Gasteiger partial charge in [0.25, 0.3) is 0 Å². The van der Waals surface area contributed by atoms with E-state index in [0.29, 0.717) is 18.7 Å². The van der Waals surface area contributed by atoms with Crippen LogP contribution in [0.1, 0.15) is 31.4 Å². The second kappa shape index (κ2) is 11.5. The molecule has 1 fully saturated rings. The number of carbonyl (C=O) groups is 1. The second-order valence-electron chi connectivity index (χ2n) is 7.50. The zero-order valence-electron chi connectivity index (χ0n) is 17.9. The molecular weight excluding hydrogens is 434 g/mol. The number of amides is 2. The van der Waals surface area contributed by atoms with Gasteiger partial charge in [-0.05, 0) is 37.5 Å². The Morgan fingerprint density at radius 2 is 2.19 bits per heavy atom. The summed E-state index contributed by atoms with van der Waals surface area (Å²) < 4.78 is 40.8. The normalized spacial score (nSPS) is 20.9. The maximum Gasteiger partial charge on any atom is 1.00 e. The van der Waals surface area contributed by atoms with Crippen molar-refractivity contribution in [2.24, 2.45) is 10.9 Å². The first-order valence-corrected chi connectivity index (χ1v) is 9.77. The Morgan fingerprint density at radius 3 is 2.87 bits per heavy atom. The average molecular weight is 460 g/mol. The molecule has 1 aromatic rings. The number of hydrogen-bond donors (Lipinski definition) is 2. The van der Waals surface area contributed by atoms with Crippen molar-refractivity contribution in [3.05, 3.63) is 48.8 Å². The topological polar surface area (TPSA) is 59.7 Å². The Kier molecular flexibility index (Phi) is 9.62. The number of nitrogens with one attached hydrogen (secondary N) is 2. The fraction of sp³-hybridized carbons (Fsp3) is 0.429. The second-order valence-corrected chi connectivity index (χ2v) is 7.50. The van der Waals surface area contributed by atoms with Crippen molar-refractivity contribution in [1.29, 1.82) is 0 Å². The molecule has 31 heavy (non-hydrogen) atoms. The molecule has 162 valence electrons. The van der Waals surface area contributed by atoms with Crippen molar-refractivity contribution in [3.63, 3.8) is 0 Å². The summed E-state index contributed by atoms with van der Waals surface area (Å²) in [5, 5.41) is 5.79. The third-order valence-electron chi connectivity index (χ3n) is 5.06. The van der Waals surface area contributed by atoms with Gasteiger partial charge in [0.1, 0.15) is 7.05 Å². The number of rotatable bonds is 5. The van der Waals surface area contributed by atoms with Crippen molar-refractivity contribution < 1.29 is 73.9 Å². The number of piperidine rings is 1. The molecule has 6 nitrogen and oxygen atoms in total. The number of hydrogen-bond acceptors (Lipinski definition) is 3. The van der Waals surface area contributed by atoms with E-state index in [1.54, 1.807) is 24.4 Å². The number of halogens is 3. The van der Waals surface area contributed by atoms with Crippen molar-refractivity contribution in [3.8, 4) is 0 Å². The van der Waals surface area contributed by atoms with Gasteiger partial charge in [-0.2, -0.15) is 13.2 Å². The number of carbonyl (C=O) groups excluding carboxylic acids is 1. The minimum atomic E-state index is -4.28. The van der Waals surface area contributed by atoms with E-state index >= 15 is 0 Å². The van der Waals surface area contributed by atoms with Crippen molar-refractivity contribution in [2.75, 3.05) is 25.5 Å². The minimum Gasteiger partial charge on any atom is -0.560 e. The minimum absolute atomic E-state index is 0. The average Bonchev–Trinajstić information content (AvgIpc) is 2.69. The first-order valence-electron chi connectivity index (χ1n) is 9.77. The molecule has 10 heteroatoms. The summed E-state index contributed by atoms with van der Waals surface area (Å²) in [6, 6.07) is 6.57. The van der Waals surface area contributed by atoms with Crippen LogP contribution in [0.2, 0.25) is 0 Å². The number of urea groups is 1. The standard InChI is InChI=1S/C21H25F3N5O.K/c1-15(25-8-9-26-19-13-28(2)14-19)16-5-3-7-18(11-16)27-20(30)29-10-4-6-17(12-29)21(22,23)24;/h3,5,7,9,11,13-15,17,25H,4,6,10,12H2,1-2H3,(H,27,30);/q-1;+1. The third kappa shape index (κ3) is 7.64. The van der Waals surface area contributed by atoms with Crippen LogP contribution in [0.5, 0.6) is 0 Å². The SMILES string of the molecule is CC(N[C-]=CN=C1C=[N+](C)[CH-]1)c1cccc(NC(=O)N2CCCC(C(F)(F)F)C2)c1.[K+]. The van der Waals surface area contributed by atoms with E-state index in [1.807, 2.05) is 37.4 Å². The fourth-order valence-electron chi connectivity index (χ4n) is 3.34. The molecule has 2 atom stereocenters. The summed E-state index contributed by atoms with van der Waals surface area (Å²) in [4.78, 5) is 17.9. The molecule has 2 heterocycles. The molecule has 0 aliphatic carbocycles. The number of benzene rings is 1. The van der Waals surface area contributed by atoms with Crippen LogP contribution in [0.15, 0.2) is 35.5 Å². The van der Waals surface area contributed by atoms with Gasteiger partial charge in [-0.15, -0.1) is 6.20 Å². The van der Waals surface area contributed by atoms with Crippen molar-refractivity contribution in [2.45, 2.75) is 32.0 Å². The Labute approximate surface area is 223 Å². The van der Waals surface area contributed by atoms with Crippen LogP contribution >= 0.6 is 0 Å². The Balaban J connectivity index is 0.00000341. The van der Waals surface area contributed by atoms with E-state index in [9.17, 15) is 18.0 Å². The van der Waals surface area contributed by atoms with Gasteiger partial charge in [0, 0.05) is 24.8 Å². The molecule has 3 rings (SSSR count). The number of likely N-dealkylation sites (tertiary alicyclic amines) is 1. The molecule has 2 amide bonds. The molecule has 2 aliphatic heterocycles. The van der Waals surface area contributed by atoms with Gasteiger partial charge < -0.3 is 31.3 Å². The molecular formula is C21H25F3KN5O. The number of alkyl halides is 3. The molecule has 0 saturated carbocycles. The molecule has 0 bridgehead atoms. The molecule has 0 aromatic heterocycles. The Hall–Kier alpha value is -1.33. The van der Waals surface area contributed by atoms with Crippen LogP contribution in [-0.4, -0.2) is 53.7 Å². The molecule has 1 aromatic carbocycles. The van der Waals surface area contributed by atoms with Gasteiger partial charge in [0.05, 0.1) is 24.4 Å². The maximum absolute atomic E-state index is 13.0. The van der Waals surface area contributed by atoms with Crippen LogP contribution in [0.4, 0.5) is 23.7 Å². The van der Waals surface area contributed by atoms with E-state index in [1.165, 1.54) is 4.90 Å². The quantitative estimate of drug-likeness (QED) is 0.296.